The minimum Gasteiger partial charge on any atom is -0.549 e. The Morgan fingerprint density at radius 2 is 1.47 bits per heavy atom. The van der Waals surface area contributed by atoms with E-state index in [0.29, 0.717) is 0 Å². The maximum atomic E-state index is 10.1. The summed E-state index contributed by atoms with van der Waals surface area (Å²) in [5.74, 6) is -0.203. The molecule has 30 heavy (non-hydrogen) atoms. The van der Waals surface area contributed by atoms with Crippen LogP contribution in [0.15, 0.2) is 54.6 Å². The summed E-state index contributed by atoms with van der Waals surface area (Å²) in [6.07, 6.45) is 8.58. The number of benzene rings is 2. The average Bonchev–Trinajstić information content (AvgIpc) is 2.78. The van der Waals surface area contributed by atoms with E-state index in [4.69, 9.17) is 16.3 Å². The van der Waals surface area contributed by atoms with Crippen molar-refractivity contribution in [1.29, 1.82) is 0 Å². The Balaban J connectivity index is 0.000000424. The molecule has 2 unspecified atom stereocenters. The van der Waals surface area contributed by atoms with E-state index >= 15 is 0 Å². The lowest BCUT2D eigenvalue weighted by Gasteiger charge is -2.15. The molecule has 0 heterocycles. The van der Waals surface area contributed by atoms with Gasteiger partial charge >= 0.3 is 0 Å². The Morgan fingerprint density at radius 3 is 2.00 bits per heavy atom. The van der Waals surface area contributed by atoms with Crippen LogP contribution in [0.5, 0.6) is 5.75 Å². The first-order chi connectivity index (χ1) is 14.5. The fourth-order valence-electron chi connectivity index (χ4n) is 2.89. The molecular weight excluding hydrogens is 396 g/mol. The normalized spacial score (nSPS) is 12.4. The molecule has 166 valence electrons. The monoisotopic (exact) mass is 431 g/mol. The highest BCUT2D eigenvalue weighted by Crippen LogP contribution is 2.22. The molecule has 0 N–H and O–H groups in total. The Hall–Kier alpha value is -2.00. The smallest absolute Gasteiger partial charge is 0.119 e. The van der Waals surface area contributed by atoms with Gasteiger partial charge in [-0.25, -0.2) is 0 Å². The van der Waals surface area contributed by atoms with Crippen molar-refractivity contribution in [1.82, 2.24) is 0 Å². The second-order valence-electron chi connectivity index (χ2n) is 7.61. The van der Waals surface area contributed by atoms with Gasteiger partial charge in [0, 0.05) is 0 Å². The van der Waals surface area contributed by atoms with Gasteiger partial charge in [0.1, 0.15) is 5.75 Å². The third-order valence-corrected chi connectivity index (χ3v) is 5.71. The number of alkyl halides is 1. The van der Waals surface area contributed by atoms with Crippen LogP contribution in [-0.4, -0.2) is 18.0 Å². The van der Waals surface area contributed by atoms with Crippen molar-refractivity contribution in [3.05, 3.63) is 54.6 Å². The van der Waals surface area contributed by atoms with Crippen LogP contribution in [0.1, 0.15) is 65.7 Å². The molecule has 0 fully saturated rings. The summed E-state index contributed by atoms with van der Waals surface area (Å²) < 4.78 is 5.80. The number of unbranched alkanes of at least 4 members (excludes halogenated alkanes) is 5. The van der Waals surface area contributed by atoms with Crippen LogP contribution >= 0.6 is 11.6 Å². The van der Waals surface area contributed by atoms with E-state index in [1.807, 2.05) is 13.0 Å². The third-order valence-electron chi connectivity index (χ3n) is 5.10. The van der Waals surface area contributed by atoms with E-state index in [-0.39, 0.29) is 5.92 Å². The number of carbonyl (C=O) groups excluding carboxylic acids is 1. The molecule has 0 amide bonds. The first-order valence-corrected chi connectivity index (χ1v) is 11.6. The molecule has 3 nitrogen and oxygen atoms in total. The van der Waals surface area contributed by atoms with Gasteiger partial charge in [-0.2, -0.15) is 0 Å². The summed E-state index contributed by atoms with van der Waals surface area (Å²) in [4.78, 5) is 10.1. The van der Waals surface area contributed by atoms with Gasteiger partial charge in [-0.1, -0.05) is 102 Å². The van der Waals surface area contributed by atoms with Gasteiger partial charge in [0.15, 0.2) is 0 Å². The van der Waals surface area contributed by atoms with E-state index in [0.717, 1.165) is 25.2 Å². The number of carboxylic acids is 1. The first kappa shape index (κ1) is 26.0. The zero-order valence-electron chi connectivity index (χ0n) is 18.6. The molecule has 0 aliphatic carbocycles. The summed E-state index contributed by atoms with van der Waals surface area (Å²) in [6.45, 7) is 6.76. The van der Waals surface area contributed by atoms with Crippen LogP contribution < -0.4 is 9.84 Å². The maximum Gasteiger partial charge on any atom is 0.119 e. The second-order valence-corrected chi connectivity index (χ2v) is 8.08. The van der Waals surface area contributed by atoms with E-state index in [1.54, 1.807) is 6.92 Å². The van der Waals surface area contributed by atoms with Crippen molar-refractivity contribution >= 4 is 17.6 Å². The fraction of sp³-hybridized carbons (Fsp3) is 0.500. The molecule has 0 bridgehead atoms. The highest BCUT2D eigenvalue weighted by atomic mass is 35.5. The first-order valence-electron chi connectivity index (χ1n) is 11.1. The van der Waals surface area contributed by atoms with Crippen molar-refractivity contribution in [2.75, 3.05) is 6.61 Å². The maximum absolute atomic E-state index is 10.1. The predicted molar refractivity (Wildman–Crippen MR) is 125 cm³/mol. The summed E-state index contributed by atoms with van der Waals surface area (Å²) >= 11 is 5.40. The minimum absolute atomic E-state index is 0.00309. The molecule has 0 aromatic heterocycles. The Morgan fingerprint density at radius 1 is 0.900 bits per heavy atom. The highest BCUT2D eigenvalue weighted by Gasteiger charge is 2.12. The Labute approximate surface area is 187 Å². The fourth-order valence-corrected chi connectivity index (χ4v) is 3.06. The van der Waals surface area contributed by atoms with Crippen molar-refractivity contribution in [2.24, 2.45) is 5.92 Å². The second kappa shape index (κ2) is 15.8. The summed E-state index contributed by atoms with van der Waals surface area (Å²) in [5, 5.41) is 9.22. The number of carbonyl (C=O) groups is 1. The summed E-state index contributed by atoms with van der Waals surface area (Å²) in [5.41, 5.74) is 2.49. The standard InChI is InChI=1S/C20H26O.C6H11ClO2/c1-2-3-4-5-6-10-17-21-20-15-13-19(14-16-20)18-11-8-7-9-12-18;1-3-4(2)5(7)6(8)9/h7-9,11-16H,2-6,10,17H2,1H3;4-5H,3H2,1-2H3,(H,8,9)/p-1. The zero-order chi connectivity index (χ0) is 22.2. The SMILES string of the molecule is CCC(C)C(Cl)C(=O)[O-].CCCCCCCCOc1ccc(-c2ccccc2)cc1. The summed E-state index contributed by atoms with van der Waals surface area (Å²) in [6, 6.07) is 18.8. The number of hydrogen-bond acceptors (Lipinski definition) is 3. The van der Waals surface area contributed by atoms with Crippen LogP contribution in [0, 0.1) is 5.92 Å². The topological polar surface area (TPSA) is 49.4 Å². The molecule has 0 aliphatic rings. The molecule has 2 atom stereocenters. The average molecular weight is 432 g/mol. The van der Waals surface area contributed by atoms with Crippen molar-refractivity contribution < 1.29 is 14.6 Å². The molecule has 2 aromatic carbocycles. The Bertz CT molecular complexity index is 685. The molecule has 0 aliphatic heterocycles. The van der Waals surface area contributed by atoms with Crippen LogP contribution in [0.2, 0.25) is 0 Å². The molecule has 4 heteroatoms. The van der Waals surface area contributed by atoms with Crippen molar-refractivity contribution in [3.63, 3.8) is 0 Å². The number of hydrogen-bond donors (Lipinski definition) is 0. The molecule has 0 saturated carbocycles. The van der Waals surface area contributed by atoms with Crippen LogP contribution in [0.4, 0.5) is 0 Å². The molecule has 2 aromatic rings. The van der Waals surface area contributed by atoms with E-state index in [2.05, 4.69) is 55.5 Å². The van der Waals surface area contributed by atoms with E-state index < -0.39 is 11.3 Å². The number of halogens is 1. The van der Waals surface area contributed by atoms with Crippen LogP contribution in [0.25, 0.3) is 11.1 Å². The third kappa shape index (κ3) is 10.7. The minimum atomic E-state index is -1.17. The molecule has 2 rings (SSSR count). The van der Waals surface area contributed by atoms with Gasteiger partial charge in [0.2, 0.25) is 0 Å². The van der Waals surface area contributed by atoms with Gasteiger partial charge in [-0.3, -0.25) is 0 Å². The Kier molecular flexibility index (Phi) is 13.7. The van der Waals surface area contributed by atoms with Crippen molar-refractivity contribution in [3.8, 4) is 16.9 Å². The number of rotatable bonds is 12. The van der Waals surface area contributed by atoms with E-state index in [1.165, 1.54) is 43.2 Å². The quantitative estimate of drug-likeness (QED) is 0.285. The van der Waals surface area contributed by atoms with Gasteiger partial charge in [-0.05, 0) is 35.6 Å². The zero-order valence-corrected chi connectivity index (χ0v) is 19.4. The molecule has 0 saturated heterocycles. The molecular formula is C26H36ClO3-. The number of ether oxygens (including phenoxy) is 1. The lowest BCUT2D eigenvalue weighted by molar-refractivity contribution is -0.306. The number of carboxylic acid groups (broad SMARTS) is 1. The highest BCUT2D eigenvalue weighted by molar-refractivity contribution is 6.29. The molecule has 0 radical (unpaired) electrons. The van der Waals surface area contributed by atoms with Gasteiger partial charge in [-0.15, -0.1) is 11.6 Å². The van der Waals surface area contributed by atoms with Crippen molar-refractivity contribution in [2.45, 2.75) is 71.1 Å². The predicted octanol–water partition coefficient (Wildman–Crippen LogP) is 6.48. The molecule has 0 spiro atoms. The lowest BCUT2D eigenvalue weighted by atomic mass is 10.1. The van der Waals surface area contributed by atoms with Gasteiger partial charge < -0.3 is 14.6 Å². The van der Waals surface area contributed by atoms with Crippen LogP contribution in [0.3, 0.4) is 0 Å². The van der Waals surface area contributed by atoms with Crippen LogP contribution in [-0.2, 0) is 4.79 Å². The van der Waals surface area contributed by atoms with Gasteiger partial charge in [0.25, 0.3) is 0 Å². The lowest BCUT2D eigenvalue weighted by Crippen LogP contribution is -2.35. The number of aliphatic carboxylic acids is 1. The van der Waals surface area contributed by atoms with E-state index in [9.17, 15) is 9.90 Å². The summed E-state index contributed by atoms with van der Waals surface area (Å²) in [7, 11) is 0. The largest absolute Gasteiger partial charge is 0.549 e. The van der Waals surface area contributed by atoms with Gasteiger partial charge in [0.05, 0.1) is 18.0 Å².